The Morgan fingerprint density at radius 3 is 2.32 bits per heavy atom. The number of aliphatic hydroxyl groups is 2. The highest BCUT2D eigenvalue weighted by Gasteiger charge is 2.19. The van der Waals surface area contributed by atoms with E-state index < -0.39 is 0 Å². The Kier molecular flexibility index (Phi) is 6.49. The van der Waals surface area contributed by atoms with Crippen molar-refractivity contribution in [3.05, 3.63) is 35.9 Å². The van der Waals surface area contributed by atoms with Crippen LogP contribution in [0.15, 0.2) is 30.3 Å². The zero-order valence-electron chi connectivity index (χ0n) is 12.3. The van der Waals surface area contributed by atoms with Crippen molar-refractivity contribution in [3.8, 4) is 0 Å². The van der Waals surface area contributed by atoms with Crippen LogP contribution in [-0.4, -0.2) is 40.9 Å². The predicted molar refractivity (Wildman–Crippen MR) is 78.9 cm³/mol. The van der Waals surface area contributed by atoms with Crippen molar-refractivity contribution in [2.45, 2.75) is 39.8 Å². The Morgan fingerprint density at radius 1 is 1.16 bits per heavy atom. The highest BCUT2D eigenvalue weighted by molar-refractivity contribution is 5.14. The van der Waals surface area contributed by atoms with Crippen LogP contribution >= 0.6 is 0 Å². The predicted octanol–water partition coefficient (Wildman–Crippen LogP) is 2.28. The molecule has 0 bridgehead atoms. The van der Waals surface area contributed by atoms with Crippen LogP contribution in [0.25, 0.3) is 0 Å². The number of hydrogen-bond acceptors (Lipinski definition) is 3. The molecule has 3 heteroatoms. The molecule has 1 atom stereocenters. The third kappa shape index (κ3) is 7.31. The van der Waals surface area contributed by atoms with Crippen molar-refractivity contribution < 1.29 is 10.2 Å². The zero-order valence-corrected chi connectivity index (χ0v) is 12.3. The molecule has 0 saturated carbocycles. The monoisotopic (exact) mass is 265 g/mol. The van der Waals surface area contributed by atoms with Gasteiger partial charge in [0.2, 0.25) is 0 Å². The fraction of sp³-hybridized carbons (Fsp3) is 0.625. The highest BCUT2D eigenvalue weighted by Crippen LogP contribution is 2.21. The molecule has 0 aromatic heterocycles. The Hall–Kier alpha value is -0.900. The van der Waals surface area contributed by atoms with Crippen molar-refractivity contribution in [2.24, 2.45) is 5.41 Å². The van der Waals surface area contributed by atoms with Gasteiger partial charge in [-0.3, -0.25) is 4.90 Å². The molecule has 0 amide bonds. The lowest BCUT2D eigenvalue weighted by molar-refractivity contribution is 0.0663. The van der Waals surface area contributed by atoms with E-state index in [1.807, 2.05) is 18.2 Å². The molecule has 0 aliphatic heterocycles. The summed E-state index contributed by atoms with van der Waals surface area (Å²) in [5.41, 5.74) is 1.33. The molecule has 0 spiro atoms. The molecule has 0 radical (unpaired) electrons. The maximum Gasteiger partial charge on any atom is 0.0672 e. The molecule has 2 N–H and O–H groups in total. The lowest BCUT2D eigenvalue weighted by atomic mass is 9.89. The van der Waals surface area contributed by atoms with Gasteiger partial charge in [0.25, 0.3) is 0 Å². The average molecular weight is 265 g/mol. The molecule has 3 nitrogen and oxygen atoms in total. The number of hydrogen-bond donors (Lipinski definition) is 2. The van der Waals surface area contributed by atoms with E-state index in [0.29, 0.717) is 13.1 Å². The fourth-order valence-electron chi connectivity index (χ4n) is 2.29. The van der Waals surface area contributed by atoms with E-state index in [4.69, 9.17) is 5.11 Å². The van der Waals surface area contributed by atoms with E-state index in [9.17, 15) is 5.11 Å². The van der Waals surface area contributed by atoms with Crippen LogP contribution in [-0.2, 0) is 6.54 Å². The average Bonchev–Trinajstić information content (AvgIpc) is 2.27. The summed E-state index contributed by atoms with van der Waals surface area (Å²) in [7, 11) is 0. The van der Waals surface area contributed by atoms with Gasteiger partial charge in [-0.1, -0.05) is 51.1 Å². The molecular formula is C16H27NO2. The maximum absolute atomic E-state index is 10.1. The minimum Gasteiger partial charge on any atom is -0.395 e. The smallest absolute Gasteiger partial charge is 0.0672 e. The van der Waals surface area contributed by atoms with Gasteiger partial charge in [-0.2, -0.15) is 0 Å². The normalized spacial score (nSPS) is 13.8. The molecule has 1 rings (SSSR count). The standard InChI is InChI=1S/C16H27NO2/c1-16(2,3)11-15(19)13-17(9-10-18)12-14-7-5-4-6-8-14/h4-8,15,18-19H,9-13H2,1-3H3. The molecule has 1 aromatic rings. The van der Waals surface area contributed by atoms with Crippen LogP contribution in [0, 0.1) is 5.41 Å². The zero-order chi connectivity index (χ0) is 14.3. The molecule has 1 aromatic carbocycles. The van der Waals surface area contributed by atoms with Crippen LogP contribution < -0.4 is 0 Å². The number of benzene rings is 1. The molecule has 0 fully saturated rings. The van der Waals surface area contributed by atoms with Crippen molar-refractivity contribution >= 4 is 0 Å². The van der Waals surface area contributed by atoms with Gasteiger partial charge in [-0.15, -0.1) is 0 Å². The lowest BCUT2D eigenvalue weighted by Gasteiger charge is -2.28. The minimum atomic E-state index is -0.352. The number of aliphatic hydroxyl groups excluding tert-OH is 2. The Labute approximate surface area is 116 Å². The quantitative estimate of drug-likeness (QED) is 0.795. The molecule has 0 heterocycles. The molecule has 19 heavy (non-hydrogen) atoms. The molecule has 0 aliphatic carbocycles. The van der Waals surface area contributed by atoms with Crippen molar-refractivity contribution in [1.82, 2.24) is 4.90 Å². The fourth-order valence-corrected chi connectivity index (χ4v) is 2.29. The first-order chi connectivity index (χ1) is 8.90. The van der Waals surface area contributed by atoms with Crippen LogP contribution in [0.4, 0.5) is 0 Å². The SMILES string of the molecule is CC(C)(C)CC(O)CN(CCO)Cc1ccccc1. The summed E-state index contributed by atoms with van der Waals surface area (Å²) in [5.74, 6) is 0. The van der Waals surface area contributed by atoms with Gasteiger partial charge < -0.3 is 10.2 Å². The Bertz CT molecular complexity index is 346. The summed E-state index contributed by atoms with van der Waals surface area (Å²) in [6.07, 6.45) is 0.416. The molecule has 1 unspecified atom stereocenters. The third-order valence-electron chi connectivity index (χ3n) is 2.98. The van der Waals surface area contributed by atoms with Gasteiger partial charge in [0.05, 0.1) is 12.7 Å². The van der Waals surface area contributed by atoms with Crippen molar-refractivity contribution in [2.75, 3.05) is 19.7 Å². The van der Waals surface area contributed by atoms with Gasteiger partial charge in [0.1, 0.15) is 0 Å². The van der Waals surface area contributed by atoms with Gasteiger partial charge in [-0.25, -0.2) is 0 Å². The first kappa shape index (κ1) is 16.2. The molecular weight excluding hydrogens is 238 g/mol. The van der Waals surface area contributed by atoms with Gasteiger partial charge >= 0.3 is 0 Å². The van der Waals surface area contributed by atoms with Crippen molar-refractivity contribution in [3.63, 3.8) is 0 Å². The van der Waals surface area contributed by atoms with E-state index in [0.717, 1.165) is 13.0 Å². The second-order valence-corrected chi connectivity index (χ2v) is 6.36. The van der Waals surface area contributed by atoms with Gasteiger partial charge in [0.15, 0.2) is 0 Å². The summed E-state index contributed by atoms with van der Waals surface area (Å²) in [6.45, 7) is 8.47. The van der Waals surface area contributed by atoms with Crippen molar-refractivity contribution in [1.29, 1.82) is 0 Å². The second kappa shape index (κ2) is 7.63. The minimum absolute atomic E-state index is 0.120. The maximum atomic E-state index is 10.1. The summed E-state index contributed by atoms with van der Waals surface area (Å²) >= 11 is 0. The largest absolute Gasteiger partial charge is 0.395 e. The first-order valence-electron chi connectivity index (χ1n) is 6.96. The summed E-state index contributed by atoms with van der Waals surface area (Å²) < 4.78 is 0. The Morgan fingerprint density at radius 2 is 1.79 bits per heavy atom. The topological polar surface area (TPSA) is 43.7 Å². The van der Waals surface area contributed by atoms with Gasteiger partial charge in [-0.05, 0) is 17.4 Å². The molecule has 0 aliphatic rings. The Balaban J connectivity index is 2.53. The second-order valence-electron chi connectivity index (χ2n) is 6.36. The third-order valence-corrected chi connectivity index (χ3v) is 2.98. The van der Waals surface area contributed by atoms with E-state index >= 15 is 0 Å². The van der Waals surface area contributed by atoms with E-state index in [1.54, 1.807) is 0 Å². The van der Waals surface area contributed by atoms with Crippen LogP contribution in [0.5, 0.6) is 0 Å². The van der Waals surface area contributed by atoms with Crippen LogP contribution in [0.3, 0.4) is 0 Å². The number of nitrogens with zero attached hydrogens (tertiary/aromatic N) is 1. The summed E-state index contributed by atoms with van der Waals surface area (Å²) in [6, 6.07) is 10.2. The van der Waals surface area contributed by atoms with E-state index in [1.165, 1.54) is 5.56 Å². The molecule has 108 valence electrons. The van der Waals surface area contributed by atoms with E-state index in [-0.39, 0.29) is 18.1 Å². The van der Waals surface area contributed by atoms with Gasteiger partial charge in [0, 0.05) is 19.6 Å². The van der Waals surface area contributed by atoms with E-state index in [2.05, 4.69) is 37.8 Å². The molecule has 0 saturated heterocycles. The summed E-state index contributed by atoms with van der Waals surface area (Å²) in [5, 5.41) is 19.3. The number of rotatable bonds is 7. The van der Waals surface area contributed by atoms with Crippen LogP contribution in [0.1, 0.15) is 32.8 Å². The summed E-state index contributed by atoms with van der Waals surface area (Å²) in [4.78, 5) is 2.10. The lowest BCUT2D eigenvalue weighted by Crippen LogP contribution is -2.35. The highest BCUT2D eigenvalue weighted by atomic mass is 16.3. The first-order valence-corrected chi connectivity index (χ1v) is 6.96. The van der Waals surface area contributed by atoms with Crippen LogP contribution in [0.2, 0.25) is 0 Å².